The zero-order valence-electron chi connectivity index (χ0n) is 14.4. The smallest absolute Gasteiger partial charge is 0.225 e. The Morgan fingerprint density at radius 1 is 1.33 bits per heavy atom. The molecule has 0 bridgehead atoms. The standard InChI is InChI=1S/C19H28N2O3/c1-2-17(20-19(22)16-8-10-23-14-16)18-13-21(9-11-24-18)12-15-6-4-3-5-7-15/h3-7,16-18H,2,8-14H2,1H3,(H,20,22)/t16-,17+,18-/m1/s1. The van der Waals surface area contributed by atoms with Crippen molar-refractivity contribution in [2.75, 3.05) is 32.9 Å². The van der Waals surface area contributed by atoms with Crippen LogP contribution >= 0.6 is 0 Å². The summed E-state index contributed by atoms with van der Waals surface area (Å²) in [6.07, 6.45) is 1.76. The molecule has 3 atom stereocenters. The molecule has 2 aliphatic heterocycles. The summed E-state index contributed by atoms with van der Waals surface area (Å²) in [5.41, 5.74) is 1.32. The molecule has 3 rings (SSSR count). The number of hydrogen-bond donors (Lipinski definition) is 1. The Morgan fingerprint density at radius 3 is 2.88 bits per heavy atom. The fourth-order valence-corrected chi connectivity index (χ4v) is 3.46. The van der Waals surface area contributed by atoms with Gasteiger partial charge in [-0.2, -0.15) is 0 Å². The maximum absolute atomic E-state index is 12.4. The molecule has 24 heavy (non-hydrogen) atoms. The van der Waals surface area contributed by atoms with E-state index in [0.29, 0.717) is 13.2 Å². The largest absolute Gasteiger partial charge is 0.381 e. The van der Waals surface area contributed by atoms with Crippen LogP contribution in [0.15, 0.2) is 30.3 Å². The van der Waals surface area contributed by atoms with Gasteiger partial charge in [0.05, 0.1) is 31.3 Å². The van der Waals surface area contributed by atoms with Crippen LogP contribution in [0.25, 0.3) is 0 Å². The first kappa shape index (κ1) is 17.4. The number of nitrogens with one attached hydrogen (secondary N) is 1. The van der Waals surface area contributed by atoms with Crippen molar-refractivity contribution in [2.24, 2.45) is 5.92 Å². The zero-order chi connectivity index (χ0) is 16.8. The molecular weight excluding hydrogens is 304 g/mol. The number of morpholine rings is 1. The van der Waals surface area contributed by atoms with Gasteiger partial charge in [-0.05, 0) is 18.4 Å². The summed E-state index contributed by atoms with van der Waals surface area (Å²) < 4.78 is 11.3. The Hall–Kier alpha value is -1.43. The number of rotatable bonds is 6. The monoisotopic (exact) mass is 332 g/mol. The van der Waals surface area contributed by atoms with Gasteiger partial charge in [0.25, 0.3) is 0 Å². The molecule has 132 valence electrons. The lowest BCUT2D eigenvalue weighted by molar-refractivity contribution is -0.128. The summed E-state index contributed by atoms with van der Waals surface area (Å²) in [5.74, 6) is 0.117. The summed E-state index contributed by atoms with van der Waals surface area (Å²) in [6.45, 7) is 6.79. The second kappa shape index (κ2) is 8.60. The van der Waals surface area contributed by atoms with E-state index >= 15 is 0 Å². The molecule has 0 aromatic heterocycles. The van der Waals surface area contributed by atoms with E-state index in [1.54, 1.807) is 0 Å². The average molecular weight is 332 g/mol. The average Bonchev–Trinajstić information content (AvgIpc) is 3.15. The van der Waals surface area contributed by atoms with Gasteiger partial charge in [0, 0.05) is 26.2 Å². The molecule has 0 radical (unpaired) electrons. The summed E-state index contributed by atoms with van der Waals surface area (Å²) in [6, 6.07) is 10.6. The molecule has 5 nitrogen and oxygen atoms in total. The van der Waals surface area contributed by atoms with Crippen molar-refractivity contribution >= 4 is 5.91 Å². The maximum Gasteiger partial charge on any atom is 0.225 e. The van der Waals surface area contributed by atoms with Crippen LogP contribution < -0.4 is 5.32 Å². The van der Waals surface area contributed by atoms with Crippen LogP contribution in [-0.2, 0) is 20.8 Å². The molecule has 1 aromatic rings. The van der Waals surface area contributed by atoms with E-state index in [4.69, 9.17) is 9.47 Å². The molecule has 0 saturated carbocycles. The molecule has 1 amide bonds. The Balaban J connectivity index is 1.54. The lowest BCUT2D eigenvalue weighted by atomic mass is 10.0. The van der Waals surface area contributed by atoms with E-state index in [2.05, 4.69) is 41.4 Å². The van der Waals surface area contributed by atoms with Crippen LogP contribution in [-0.4, -0.2) is 55.9 Å². The number of ether oxygens (including phenoxy) is 2. The lowest BCUT2D eigenvalue weighted by Crippen LogP contribution is -2.54. The molecular formula is C19H28N2O3. The van der Waals surface area contributed by atoms with Crippen LogP contribution in [0, 0.1) is 5.92 Å². The van der Waals surface area contributed by atoms with Gasteiger partial charge < -0.3 is 14.8 Å². The Morgan fingerprint density at radius 2 is 2.17 bits per heavy atom. The van der Waals surface area contributed by atoms with Crippen molar-refractivity contribution in [3.63, 3.8) is 0 Å². The van der Waals surface area contributed by atoms with Gasteiger partial charge in [-0.1, -0.05) is 37.3 Å². The maximum atomic E-state index is 12.4. The van der Waals surface area contributed by atoms with Crippen molar-refractivity contribution in [3.8, 4) is 0 Å². The first-order valence-electron chi connectivity index (χ1n) is 9.02. The van der Waals surface area contributed by atoms with E-state index in [0.717, 1.165) is 39.1 Å². The predicted octanol–water partition coefficient (Wildman–Crippen LogP) is 1.82. The lowest BCUT2D eigenvalue weighted by Gasteiger charge is -2.37. The summed E-state index contributed by atoms with van der Waals surface area (Å²) in [4.78, 5) is 14.8. The minimum Gasteiger partial charge on any atom is -0.381 e. The minimum atomic E-state index is 0.00284. The highest BCUT2D eigenvalue weighted by Crippen LogP contribution is 2.17. The second-order valence-electron chi connectivity index (χ2n) is 6.71. The summed E-state index contributed by atoms with van der Waals surface area (Å²) in [7, 11) is 0. The predicted molar refractivity (Wildman–Crippen MR) is 92.6 cm³/mol. The number of hydrogen-bond acceptors (Lipinski definition) is 4. The minimum absolute atomic E-state index is 0.00284. The number of benzene rings is 1. The van der Waals surface area contributed by atoms with E-state index in [1.165, 1.54) is 5.56 Å². The third-order valence-electron chi connectivity index (χ3n) is 4.94. The summed E-state index contributed by atoms with van der Waals surface area (Å²) >= 11 is 0. The van der Waals surface area contributed by atoms with E-state index < -0.39 is 0 Å². The van der Waals surface area contributed by atoms with Crippen molar-refractivity contribution in [3.05, 3.63) is 35.9 Å². The van der Waals surface area contributed by atoms with E-state index in [-0.39, 0.29) is 24.0 Å². The highest BCUT2D eigenvalue weighted by molar-refractivity contribution is 5.79. The van der Waals surface area contributed by atoms with Gasteiger partial charge in [-0.15, -0.1) is 0 Å². The van der Waals surface area contributed by atoms with Crippen LogP contribution in [0.4, 0.5) is 0 Å². The number of carbonyl (C=O) groups is 1. The van der Waals surface area contributed by atoms with Crippen LogP contribution in [0.2, 0.25) is 0 Å². The number of carbonyl (C=O) groups excluding carboxylic acids is 1. The van der Waals surface area contributed by atoms with Crippen LogP contribution in [0.5, 0.6) is 0 Å². The Labute approximate surface area is 144 Å². The first-order valence-corrected chi connectivity index (χ1v) is 9.02. The molecule has 2 aliphatic rings. The Kier molecular flexibility index (Phi) is 6.24. The highest BCUT2D eigenvalue weighted by Gasteiger charge is 2.31. The SMILES string of the molecule is CC[C@H](NC(=O)[C@@H]1CCOC1)[C@H]1CN(Cc2ccccc2)CCO1. The Bertz CT molecular complexity index is 517. The molecule has 5 heteroatoms. The van der Waals surface area contributed by atoms with Gasteiger partial charge in [0.2, 0.25) is 5.91 Å². The van der Waals surface area contributed by atoms with E-state index in [9.17, 15) is 4.79 Å². The van der Waals surface area contributed by atoms with Gasteiger partial charge in [-0.25, -0.2) is 0 Å². The van der Waals surface area contributed by atoms with Crippen molar-refractivity contribution in [2.45, 2.75) is 38.5 Å². The molecule has 2 fully saturated rings. The number of amides is 1. The molecule has 2 heterocycles. The molecule has 0 spiro atoms. The van der Waals surface area contributed by atoms with Crippen LogP contribution in [0.1, 0.15) is 25.3 Å². The zero-order valence-corrected chi connectivity index (χ0v) is 14.4. The quantitative estimate of drug-likeness (QED) is 0.863. The van der Waals surface area contributed by atoms with Gasteiger partial charge in [-0.3, -0.25) is 9.69 Å². The summed E-state index contributed by atoms with van der Waals surface area (Å²) in [5, 5.41) is 3.19. The molecule has 0 unspecified atom stereocenters. The van der Waals surface area contributed by atoms with Crippen molar-refractivity contribution in [1.29, 1.82) is 0 Å². The molecule has 1 aromatic carbocycles. The highest BCUT2D eigenvalue weighted by atomic mass is 16.5. The van der Waals surface area contributed by atoms with Crippen LogP contribution in [0.3, 0.4) is 0 Å². The fraction of sp³-hybridized carbons (Fsp3) is 0.632. The fourth-order valence-electron chi connectivity index (χ4n) is 3.46. The van der Waals surface area contributed by atoms with Gasteiger partial charge in [0.15, 0.2) is 0 Å². The third-order valence-corrected chi connectivity index (χ3v) is 4.94. The van der Waals surface area contributed by atoms with E-state index in [1.807, 2.05) is 6.07 Å². The van der Waals surface area contributed by atoms with Gasteiger partial charge >= 0.3 is 0 Å². The normalized spacial score (nSPS) is 26.2. The van der Waals surface area contributed by atoms with Gasteiger partial charge in [0.1, 0.15) is 0 Å². The molecule has 2 saturated heterocycles. The number of nitrogens with zero attached hydrogens (tertiary/aromatic N) is 1. The first-order chi connectivity index (χ1) is 11.8. The topological polar surface area (TPSA) is 50.8 Å². The molecule has 0 aliphatic carbocycles. The third kappa shape index (κ3) is 4.56. The van der Waals surface area contributed by atoms with Crippen molar-refractivity contribution in [1.82, 2.24) is 10.2 Å². The van der Waals surface area contributed by atoms with Crippen molar-refractivity contribution < 1.29 is 14.3 Å². The second-order valence-corrected chi connectivity index (χ2v) is 6.71. The molecule has 1 N–H and O–H groups in total.